The van der Waals surface area contributed by atoms with E-state index in [-0.39, 0.29) is 12.5 Å². The second kappa shape index (κ2) is 11.0. The Labute approximate surface area is 245 Å². The molecule has 2 aliphatic rings. The number of piperidine rings is 1. The number of carbonyl (C=O) groups is 1. The molecule has 4 heterocycles. The summed E-state index contributed by atoms with van der Waals surface area (Å²) in [6.45, 7) is 3.63. The largest absolute Gasteiger partial charge is 0.303 e. The minimum atomic E-state index is -1.43. The molecule has 0 aliphatic carbocycles. The summed E-state index contributed by atoms with van der Waals surface area (Å²) in [7, 11) is -1.43. The number of benzene rings is 2. The fourth-order valence-electron chi connectivity index (χ4n) is 5.62. The van der Waals surface area contributed by atoms with Crippen molar-refractivity contribution in [1.82, 2.24) is 23.8 Å². The highest BCUT2D eigenvalue weighted by Crippen LogP contribution is 2.38. The Bertz CT molecular complexity index is 1550. The van der Waals surface area contributed by atoms with Crippen LogP contribution in [0.5, 0.6) is 0 Å². The topological polar surface area (TPSA) is 84.2 Å². The van der Waals surface area contributed by atoms with Crippen molar-refractivity contribution in [2.45, 2.75) is 49.7 Å². The Morgan fingerprint density at radius 2 is 1.60 bits per heavy atom. The molecule has 40 heavy (non-hydrogen) atoms. The van der Waals surface area contributed by atoms with Gasteiger partial charge in [-0.25, -0.2) is 23.5 Å². The van der Waals surface area contributed by atoms with Gasteiger partial charge in [0, 0.05) is 53.2 Å². The third-order valence-electron chi connectivity index (χ3n) is 7.59. The molecule has 6 rings (SSSR count). The number of fused-ring (bicyclic) bond motifs is 1. The second-order valence-electron chi connectivity index (χ2n) is 10.4. The summed E-state index contributed by atoms with van der Waals surface area (Å²) in [5, 5.41) is 1.44. The Morgan fingerprint density at radius 1 is 0.925 bits per heavy atom. The van der Waals surface area contributed by atoms with E-state index in [1.165, 1.54) is 6.33 Å². The zero-order valence-corrected chi connectivity index (χ0v) is 24.3. The van der Waals surface area contributed by atoms with Crippen LogP contribution in [0, 0.1) is 0 Å². The Balaban J connectivity index is 1.42. The van der Waals surface area contributed by atoms with Crippen molar-refractivity contribution < 1.29 is 9.00 Å². The maximum Gasteiger partial charge on any atom is 0.253 e. The lowest BCUT2D eigenvalue weighted by Crippen LogP contribution is -2.55. The summed E-state index contributed by atoms with van der Waals surface area (Å²) in [4.78, 5) is 29.0. The van der Waals surface area contributed by atoms with Crippen LogP contribution < -0.4 is 4.90 Å². The van der Waals surface area contributed by atoms with Crippen molar-refractivity contribution >= 4 is 45.8 Å². The molecular formula is C29H28Cl2N6O2S. The molecule has 2 aromatic heterocycles. The van der Waals surface area contributed by atoms with Gasteiger partial charge in [0.25, 0.3) is 5.91 Å². The molecule has 4 aromatic rings. The van der Waals surface area contributed by atoms with Crippen LogP contribution in [-0.4, -0.2) is 47.0 Å². The van der Waals surface area contributed by atoms with E-state index in [9.17, 15) is 9.00 Å². The summed E-state index contributed by atoms with van der Waals surface area (Å²) < 4.78 is 17.7. The second-order valence-corrected chi connectivity index (χ2v) is 12.7. The number of imidazole rings is 1. The number of carbonyl (C=O) groups excluding carboxylic acids is 1. The predicted molar refractivity (Wildman–Crippen MR) is 157 cm³/mol. The highest BCUT2D eigenvalue weighted by atomic mass is 35.5. The lowest BCUT2D eigenvalue weighted by atomic mass is 9.88. The summed E-state index contributed by atoms with van der Waals surface area (Å²) in [6, 6.07) is 13.1. The average molecular weight is 596 g/mol. The number of nitrogens with zero attached hydrogens (tertiary/aromatic N) is 6. The first kappa shape index (κ1) is 27.1. The number of hydrogen-bond donors (Lipinski definition) is 0. The first-order valence-corrected chi connectivity index (χ1v) is 15.1. The summed E-state index contributed by atoms with van der Waals surface area (Å²) >= 11 is 12.6. The smallest absolute Gasteiger partial charge is 0.253 e. The van der Waals surface area contributed by atoms with Crippen LogP contribution in [0.4, 0.5) is 5.69 Å². The molecule has 2 aliphatic heterocycles. The van der Waals surface area contributed by atoms with Crippen LogP contribution in [0.3, 0.4) is 0 Å². The van der Waals surface area contributed by atoms with Crippen molar-refractivity contribution in [3.63, 3.8) is 0 Å². The van der Waals surface area contributed by atoms with Crippen molar-refractivity contribution in [2.24, 2.45) is 0 Å². The Kier molecular flexibility index (Phi) is 7.48. The van der Waals surface area contributed by atoms with Gasteiger partial charge in [-0.05, 0) is 49.1 Å². The average Bonchev–Trinajstić information content (AvgIpc) is 3.40. The number of aromatic nitrogens is 4. The van der Waals surface area contributed by atoms with Crippen molar-refractivity contribution in [1.29, 1.82) is 0 Å². The lowest BCUT2D eigenvalue weighted by Gasteiger charge is -2.42. The molecule has 0 N–H and O–H groups in total. The van der Waals surface area contributed by atoms with Gasteiger partial charge >= 0.3 is 0 Å². The summed E-state index contributed by atoms with van der Waals surface area (Å²) in [6.07, 6.45) is 10.2. The molecule has 1 fully saturated rings. The molecule has 1 amide bonds. The van der Waals surface area contributed by atoms with E-state index in [4.69, 9.17) is 23.2 Å². The number of halogens is 2. The van der Waals surface area contributed by atoms with Gasteiger partial charge in [0.2, 0.25) is 0 Å². The van der Waals surface area contributed by atoms with Crippen LogP contribution in [0.25, 0.3) is 11.1 Å². The van der Waals surface area contributed by atoms with E-state index in [2.05, 4.69) is 15.0 Å². The third-order valence-corrected chi connectivity index (χ3v) is 9.50. The van der Waals surface area contributed by atoms with Crippen molar-refractivity contribution in [3.8, 4) is 11.1 Å². The molecule has 11 heteroatoms. The van der Waals surface area contributed by atoms with Gasteiger partial charge in [0.15, 0.2) is 0 Å². The standard InChI is InChI=1S/C29H28Cl2N6O2S/c1-29(14-20-5-7-21(8-6-20)22-15-32-19-33-16-22)28(38)36(25-12-23(30)11-24(31)13-25)18-26-34-17-27(37(26)29)40(39)35-9-3-2-4-10-35/h5-8,11-13,15-17,19H,2-4,9-10,14,18H2,1H3/t29-,40?/m1/s1. The third kappa shape index (κ3) is 5.07. The fraction of sp³-hybridized carbons (Fsp3) is 0.310. The van der Waals surface area contributed by atoms with Crippen LogP contribution in [0.1, 0.15) is 37.6 Å². The van der Waals surface area contributed by atoms with Gasteiger partial charge in [-0.15, -0.1) is 0 Å². The van der Waals surface area contributed by atoms with Crippen molar-refractivity contribution in [3.05, 3.63) is 88.8 Å². The van der Waals surface area contributed by atoms with Crippen LogP contribution in [0.2, 0.25) is 10.0 Å². The highest BCUT2D eigenvalue weighted by Gasteiger charge is 2.47. The first-order chi connectivity index (χ1) is 19.3. The first-order valence-electron chi connectivity index (χ1n) is 13.2. The minimum Gasteiger partial charge on any atom is -0.303 e. The Morgan fingerprint density at radius 3 is 2.27 bits per heavy atom. The normalized spacial score (nSPS) is 20.4. The van der Waals surface area contributed by atoms with Gasteiger partial charge in [0.1, 0.15) is 33.7 Å². The minimum absolute atomic E-state index is 0.145. The van der Waals surface area contributed by atoms with Gasteiger partial charge in [-0.2, -0.15) is 0 Å². The van der Waals surface area contributed by atoms with Gasteiger partial charge < -0.3 is 9.47 Å². The van der Waals surface area contributed by atoms with E-state index >= 15 is 0 Å². The molecule has 8 nitrogen and oxygen atoms in total. The Hall–Kier alpha value is -3.11. The number of amides is 1. The zero-order valence-electron chi connectivity index (χ0n) is 22.0. The quantitative estimate of drug-likeness (QED) is 0.287. The van der Waals surface area contributed by atoms with E-state index < -0.39 is 16.5 Å². The SMILES string of the molecule is C[C@@]1(Cc2ccc(-c3cncnc3)cc2)C(=O)N(c2cc(Cl)cc(Cl)c2)Cc2ncc(S(=O)N3CCCCC3)n21. The number of hydrogen-bond acceptors (Lipinski definition) is 5. The lowest BCUT2D eigenvalue weighted by molar-refractivity contribution is -0.128. The molecule has 206 valence electrons. The van der Waals surface area contributed by atoms with Crippen molar-refractivity contribution in [2.75, 3.05) is 18.0 Å². The van der Waals surface area contributed by atoms with Crippen LogP contribution in [-0.2, 0) is 34.3 Å². The van der Waals surface area contributed by atoms with Gasteiger partial charge in [-0.3, -0.25) is 4.79 Å². The van der Waals surface area contributed by atoms with Crippen LogP contribution in [0.15, 0.2) is 72.4 Å². The highest BCUT2D eigenvalue weighted by molar-refractivity contribution is 7.82. The molecule has 0 spiro atoms. The summed E-state index contributed by atoms with van der Waals surface area (Å²) in [5.41, 5.74) is 2.35. The van der Waals surface area contributed by atoms with E-state index in [0.717, 1.165) is 49.0 Å². The number of rotatable bonds is 6. The predicted octanol–water partition coefficient (Wildman–Crippen LogP) is 5.66. The van der Waals surface area contributed by atoms with E-state index in [1.807, 2.05) is 40.1 Å². The monoisotopic (exact) mass is 594 g/mol. The van der Waals surface area contributed by atoms with E-state index in [0.29, 0.717) is 33.0 Å². The maximum atomic E-state index is 14.4. The van der Waals surface area contributed by atoms with Gasteiger partial charge in [-0.1, -0.05) is 53.9 Å². The molecule has 0 radical (unpaired) electrons. The zero-order chi connectivity index (χ0) is 27.9. The molecule has 1 saturated heterocycles. The summed E-state index contributed by atoms with van der Waals surface area (Å²) in [5.74, 6) is 0.519. The molecule has 0 saturated carbocycles. The van der Waals surface area contributed by atoms with Gasteiger partial charge in [0.05, 0.1) is 12.7 Å². The molecule has 0 bridgehead atoms. The van der Waals surface area contributed by atoms with Crippen LogP contribution >= 0.6 is 23.2 Å². The molecule has 2 atom stereocenters. The molecule has 1 unspecified atom stereocenters. The molecular weight excluding hydrogens is 567 g/mol. The fourth-order valence-corrected chi connectivity index (χ4v) is 7.59. The van der Waals surface area contributed by atoms with E-state index in [1.54, 1.807) is 41.7 Å². The number of anilines is 1. The maximum absolute atomic E-state index is 14.4. The molecule has 2 aromatic carbocycles.